The second kappa shape index (κ2) is 9.66. The highest BCUT2D eigenvalue weighted by Crippen LogP contribution is 2.28. The summed E-state index contributed by atoms with van der Waals surface area (Å²) in [5.41, 5.74) is 2.02. The maximum Gasteiger partial charge on any atom is 0.573 e. The second-order valence-corrected chi connectivity index (χ2v) is 8.98. The van der Waals surface area contributed by atoms with Crippen molar-refractivity contribution in [2.75, 3.05) is 26.2 Å². The molecule has 2 aliphatic heterocycles. The van der Waals surface area contributed by atoms with Crippen LogP contribution in [0.3, 0.4) is 0 Å². The van der Waals surface area contributed by atoms with Crippen LogP contribution in [0.2, 0.25) is 0 Å². The Morgan fingerprint density at radius 2 is 1.57 bits per heavy atom. The van der Waals surface area contributed by atoms with E-state index < -0.39 is 35.2 Å². The molecule has 8 nitrogen and oxygen atoms in total. The number of amides is 2. The van der Waals surface area contributed by atoms with E-state index in [-0.39, 0.29) is 49.0 Å². The molecule has 0 aliphatic carbocycles. The van der Waals surface area contributed by atoms with Crippen molar-refractivity contribution in [1.82, 2.24) is 9.80 Å². The van der Waals surface area contributed by atoms with Gasteiger partial charge >= 0.3 is 12.5 Å². The van der Waals surface area contributed by atoms with Gasteiger partial charge in [-0.25, -0.2) is 18.5 Å². The lowest BCUT2D eigenvalue weighted by atomic mass is 10.2. The summed E-state index contributed by atoms with van der Waals surface area (Å²) in [6.45, 7) is 0.790. The van der Waals surface area contributed by atoms with Crippen molar-refractivity contribution < 1.29 is 40.8 Å². The lowest BCUT2D eigenvalue weighted by Crippen LogP contribution is -2.36. The first-order valence-electron chi connectivity index (χ1n) is 10.2. The molecule has 0 spiro atoms. The number of carbonyl (C=O) groups is 2. The van der Waals surface area contributed by atoms with Gasteiger partial charge in [-0.1, -0.05) is 12.1 Å². The third kappa shape index (κ3) is 5.80. The molecule has 0 bridgehead atoms. The summed E-state index contributed by atoms with van der Waals surface area (Å²) in [7, 11) is -1.86. The molecule has 2 amide bonds. The molecule has 2 N–H and O–H groups in total. The smallest absolute Gasteiger partial charge is 0.445 e. The summed E-state index contributed by atoms with van der Waals surface area (Å²) < 4.78 is 71.3. The molecule has 0 saturated carbocycles. The number of hydrogen-bond acceptors (Lipinski definition) is 5. The summed E-state index contributed by atoms with van der Waals surface area (Å²) in [5.74, 6) is -1.73. The molecule has 0 radical (unpaired) electrons. The molecule has 1 unspecified atom stereocenters. The lowest BCUT2D eigenvalue weighted by Gasteiger charge is -2.23. The maximum atomic E-state index is 14.3. The maximum absolute atomic E-state index is 14.3. The van der Waals surface area contributed by atoms with E-state index in [0.717, 1.165) is 29.3 Å². The number of alkyl halides is 3. The summed E-state index contributed by atoms with van der Waals surface area (Å²) in [6, 6.07) is 8.51. The predicted molar refractivity (Wildman–Crippen MR) is 115 cm³/mol. The van der Waals surface area contributed by atoms with Crippen LogP contribution in [-0.4, -0.2) is 58.6 Å². The van der Waals surface area contributed by atoms with E-state index in [9.17, 15) is 31.4 Å². The lowest BCUT2D eigenvalue weighted by molar-refractivity contribution is -0.274. The molecule has 4 rings (SSSR count). The average molecular weight is 513 g/mol. The van der Waals surface area contributed by atoms with Gasteiger partial charge in [0.25, 0.3) is 5.91 Å². The van der Waals surface area contributed by atoms with Gasteiger partial charge in [0.05, 0.1) is 10.5 Å². The summed E-state index contributed by atoms with van der Waals surface area (Å²) in [4.78, 5) is 28.1. The molecule has 2 heterocycles. The van der Waals surface area contributed by atoms with Gasteiger partial charge in [0.1, 0.15) is 29.2 Å². The molecule has 2 aliphatic rings. The molecule has 35 heavy (non-hydrogen) atoms. The van der Waals surface area contributed by atoms with E-state index in [1.807, 2.05) is 0 Å². The first-order valence-corrected chi connectivity index (χ1v) is 11.4. The van der Waals surface area contributed by atoms with E-state index in [1.54, 1.807) is 0 Å². The Bertz CT molecular complexity index is 1200. The normalized spacial score (nSPS) is 16.4. The highest BCUT2D eigenvalue weighted by molar-refractivity contribution is 7.82. The minimum atomic E-state index is -4.79. The molecule has 0 aromatic heterocycles. The fourth-order valence-corrected chi connectivity index (χ4v) is 4.26. The summed E-state index contributed by atoms with van der Waals surface area (Å²) >= 11 is 0. The average Bonchev–Trinajstić information content (AvgIpc) is 3.36. The Hall–Kier alpha value is -3.45. The fraction of sp³-hybridized carbons (Fsp3) is 0.273. The number of nitrogens with two attached hydrogens (primary N) is 1. The zero-order valence-corrected chi connectivity index (χ0v) is 18.8. The monoisotopic (exact) mass is 513 g/mol. The van der Waals surface area contributed by atoms with Crippen LogP contribution in [0.1, 0.15) is 15.9 Å². The molecular weight excluding hydrogens is 494 g/mol. The minimum absolute atomic E-state index is 0.0702. The van der Waals surface area contributed by atoms with Crippen LogP contribution in [0.4, 0.5) is 22.4 Å². The van der Waals surface area contributed by atoms with Crippen molar-refractivity contribution in [3.05, 3.63) is 70.6 Å². The zero-order chi connectivity index (χ0) is 25.3. The van der Waals surface area contributed by atoms with E-state index in [0.29, 0.717) is 5.56 Å². The minimum Gasteiger partial charge on any atom is -0.445 e. The SMILES string of the molecule is NS(=O)c1ccc(C(=O)N2CC3=C(CN(C(=O)OCc4ccc(OC(F)(F)F)cc4)C3)C2)c(F)c1. The van der Waals surface area contributed by atoms with Crippen LogP contribution in [0.15, 0.2) is 58.5 Å². The second-order valence-electron chi connectivity index (χ2n) is 7.91. The van der Waals surface area contributed by atoms with Crippen LogP contribution >= 0.6 is 0 Å². The Morgan fingerprint density at radius 3 is 2.11 bits per heavy atom. The van der Waals surface area contributed by atoms with Gasteiger partial charge in [-0.2, -0.15) is 0 Å². The molecule has 2 aromatic rings. The Kier molecular flexibility index (Phi) is 6.81. The van der Waals surface area contributed by atoms with Crippen LogP contribution in [0.25, 0.3) is 0 Å². The Morgan fingerprint density at radius 1 is 0.971 bits per heavy atom. The molecule has 0 fully saturated rings. The topological polar surface area (TPSA) is 102 Å². The quantitative estimate of drug-likeness (QED) is 0.489. The van der Waals surface area contributed by atoms with Crippen LogP contribution < -0.4 is 9.88 Å². The van der Waals surface area contributed by atoms with E-state index >= 15 is 0 Å². The molecule has 0 saturated heterocycles. The van der Waals surface area contributed by atoms with Crippen molar-refractivity contribution in [1.29, 1.82) is 0 Å². The van der Waals surface area contributed by atoms with Crippen LogP contribution in [-0.2, 0) is 22.3 Å². The van der Waals surface area contributed by atoms with Gasteiger partial charge in [-0.15, -0.1) is 13.2 Å². The number of hydrogen-bond donors (Lipinski definition) is 1. The zero-order valence-electron chi connectivity index (χ0n) is 18.0. The number of rotatable bonds is 5. The van der Waals surface area contributed by atoms with Crippen molar-refractivity contribution in [3.63, 3.8) is 0 Å². The first kappa shape index (κ1) is 24.7. The number of halogens is 4. The van der Waals surface area contributed by atoms with E-state index in [2.05, 4.69) is 4.74 Å². The van der Waals surface area contributed by atoms with Crippen molar-refractivity contribution >= 4 is 23.0 Å². The third-order valence-electron chi connectivity index (χ3n) is 5.49. The summed E-state index contributed by atoms with van der Waals surface area (Å²) in [6.07, 6.45) is -5.40. The van der Waals surface area contributed by atoms with Crippen molar-refractivity contribution in [3.8, 4) is 5.75 Å². The number of nitrogens with zero attached hydrogens (tertiary/aromatic N) is 2. The Balaban J connectivity index is 1.27. The predicted octanol–water partition coefficient (Wildman–Crippen LogP) is 3.11. The summed E-state index contributed by atoms with van der Waals surface area (Å²) in [5, 5.41) is 5.23. The van der Waals surface area contributed by atoms with Gasteiger partial charge in [0.15, 0.2) is 0 Å². The van der Waals surface area contributed by atoms with Crippen molar-refractivity contribution in [2.24, 2.45) is 5.14 Å². The van der Waals surface area contributed by atoms with E-state index in [1.165, 1.54) is 34.1 Å². The van der Waals surface area contributed by atoms with Gasteiger partial charge in [0.2, 0.25) is 0 Å². The Labute approximate surface area is 199 Å². The van der Waals surface area contributed by atoms with Gasteiger partial charge in [0, 0.05) is 26.2 Å². The van der Waals surface area contributed by atoms with Gasteiger partial charge in [-0.3, -0.25) is 4.79 Å². The molecule has 186 valence electrons. The molecule has 2 aromatic carbocycles. The molecule has 13 heteroatoms. The third-order valence-corrected chi connectivity index (χ3v) is 6.21. The van der Waals surface area contributed by atoms with Crippen LogP contribution in [0, 0.1) is 5.82 Å². The largest absolute Gasteiger partial charge is 0.573 e. The van der Waals surface area contributed by atoms with Crippen molar-refractivity contribution in [2.45, 2.75) is 17.9 Å². The van der Waals surface area contributed by atoms with Gasteiger partial charge in [-0.05, 0) is 47.0 Å². The number of ether oxygens (including phenoxy) is 2. The highest BCUT2D eigenvalue weighted by Gasteiger charge is 2.35. The first-order chi connectivity index (χ1) is 16.5. The van der Waals surface area contributed by atoms with Gasteiger partial charge < -0.3 is 19.3 Å². The van der Waals surface area contributed by atoms with Crippen LogP contribution in [0.5, 0.6) is 5.75 Å². The highest BCUT2D eigenvalue weighted by atomic mass is 32.2. The standard InChI is InChI=1S/C22H19F4N3O5S/c23-19-7-17(35(27)32)5-6-18(19)20(30)28-8-14-10-29(11-15(14)9-28)21(31)33-12-13-1-3-16(4-2-13)34-22(24,25)26/h1-7H,8-12,27H2. The van der Waals surface area contributed by atoms with E-state index in [4.69, 9.17) is 9.88 Å². The fourth-order valence-electron chi connectivity index (χ4n) is 3.84. The number of carbonyl (C=O) groups excluding carboxylic acids is 2. The number of benzene rings is 2. The molecular formula is C22H19F4N3O5S. The molecule has 1 atom stereocenters.